The van der Waals surface area contributed by atoms with Gasteiger partial charge in [0.25, 0.3) is 0 Å². The van der Waals surface area contributed by atoms with Gasteiger partial charge in [0.2, 0.25) is 0 Å². The number of nitrogens with zero attached hydrogens (tertiary/aromatic N) is 1. The minimum atomic E-state index is 0.790. The Bertz CT molecular complexity index is 191. The lowest BCUT2D eigenvalue weighted by Gasteiger charge is -1.83. The summed E-state index contributed by atoms with van der Waals surface area (Å²) >= 11 is 0. The molecule has 0 bridgehead atoms. The maximum atomic E-state index is 8.45. The second-order valence-electron chi connectivity index (χ2n) is 1.78. The van der Waals surface area contributed by atoms with E-state index < -0.39 is 0 Å². The standard InChI is InChI=1S/C9H11N/c1-3-5-6-7-9(4-2)8-10/h3,5-7H,1,4H2,2H3/b6-5-,9-7+. The fraction of sp³-hybridized carbons (Fsp3) is 0.222. The quantitative estimate of drug-likeness (QED) is 0.429. The van der Waals surface area contributed by atoms with Crippen LogP contribution in [0.4, 0.5) is 0 Å². The predicted molar refractivity (Wildman–Crippen MR) is 43.3 cm³/mol. The Balaban J connectivity index is 4.01. The molecule has 0 aliphatic carbocycles. The first-order valence-electron chi connectivity index (χ1n) is 3.23. The second-order valence-corrected chi connectivity index (χ2v) is 1.78. The van der Waals surface area contributed by atoms with Gasteiger partial charge in [-0.05, 0) is 12.5 Å². The zero-order chi connectivity index (χ0) is 7.82. The van der Waals surface area contributed by atoms with Gasteiger partial charge in [-0.2, -0.15) is 5.26 Å². The summed E-state index contributed by atoms with van der Waals surface area (Å²) < 4.78 is 0. The summed E-state index contributed by atoms with van der Waals surface area (Å²) in [5, 5.41) is 8.45. The lowest BCUT2D eigenvalue weighted by atomic mass is 10.2. The van der Waals surface area contributed by atoms with E-state index in [-0.39, 0.29) is 0 Å². The largest absolute Gasteiger partial charge is 0.193 e. The zero-order valence-electron chi connectivity index (χ0n) is 6.17. The van der Waals surface area contributed by atoms with Crippen molar-refractivity contribution in [3.8, 4) is 6.07 Å². The van der Waals surface area contributed by atoms with Crippen molar-refractivity contribution in [1.29, 1.82) is 5.26 Å². The molecule has 1 heteroatoms. The number of hydrogen-bond donors (Lipinski definition) is 0. The van der Waals surface area contributed by atoms with Crippen LogP contribution in [0.2, 0.25) is 0 Å². The molecule has 0 rings (SSSR count). The molecule has 0 aromatic heterocycles. The average Bonchev–Trinajstić information content (AvgIpc) is 1.99. The molecule has 0 saturated heterocycles. The number of allylic oxidation sites excluding steroid dienone is 5. The van der Waals surface area contributed by atoms with Crippen molar-refractivity contribution >= 4 is 0 Å². The van der Waals surface area contributed by atoms with Gasteiger partial charge in [-0.25, -0.2) is 0 Å². The normalized spacial score (nSPS) is 11.4. The van der Waals surface area contributed by atoms with Crippen molar-refractivity contribution in [3.63, 3.8) is 0 Å². The van der Waals surface area contributed by atoms with Gasteiger partial charge in [0.05, 0.1) is 6.07 Å². The topological polar surface area (TPSA) is 23.8 Å². The molecule has 10 heavy (non-hydrogen) atoms. The molecule has 0 aromatic carbocycles. The SMILES string of the molecule is C=C/C=C\C=C(\C#N)CC. The van der Waals surface area contributed by atoms with Crippen molar-refractivity contribution in [2.75, 3.05) is 0 Å². The van der Waals surface area contributed by atoms with Crippen molar-refractivity contribution in [1.82, 2.24) is 0 Å². The first-order valence-corrected chi connectivity index (χ1v) is 3.23. The minimum Gasteiger partial charge on any atom is -0.193 e. The van der Waals surface area contributed by atoms with Crippen LogP contribution in [0.5, 0.6) is 0 Å². The molecule has 0 amide bonds. The van der Waals surface area contributed by atoms with Crippen LogP contribution in [0.3, 0.4) is 0 Å². The average molecular weight is 133 g/mol. The van der Waals surface area contributed by atoms with E-state index in [9.17, 15) is 0 Å². The van der Waals surface area contributed by atoms with Crippen LogP contribution in [0.15, 0.2) is 36.5 Å². The molecule has 0 N–H and O–H groups in total. The van der Waals surface area contributed by atoms with E-state index in [0.29, 0.717) is 0 Å². The third kappa shape index (κ3) is 3.68. The highest BCUT2D eigenvalue weighted by atomic mass is 14.2. The summed E-state index contributed by atoms with van der Waals surface area (Å²) in [7, 11) is 0. The van der Waals surface area contributed by atoms with E-state index in [2.05, 4.69) is 12.6 Å². The highest BCUT2D eigenvalue weighted by Crippen LogP contribution is 1.97. The van der Waals surface area contributed by atoms with Gasteiger partial charge in [0.15, 0.2) is 0 Å². The Labute approximate surface area is 62.0 Å². The van der Waals surface area contributed by atoms with Gasteiger partial charge in [0, 0.05) is 5.57 Å². The van der Waals surface area contributed by atoms with E-state index >= 15 is 0 Å². The molecule has 0 spiro atoms. The highest BCUT2D eigenvalue weighted by molar-refractivity contribution is 5.25. The number of nitriles is 1. The Hall–Kier alpha value is -1.29. The smallest absolute Gasteiger partial charge is 0.0946 e. The predicted octanol–water partition coefficient (Wildman–Crippen LogP) is 2.59. The summed E-state index contributed by atoms with van der Waals surface area (Å²) in [6.45, 7) is 5.47. The molecule has 0 heterocycles. The molecule has 0 aliphatic rings. The maximum Gasteiger partial charge on any atom is 0.0946 e. The second kappa shape index (κ2) is 5.84. The molecule has 1 nitrogen and oxygen atoms in total. The number of rotatable bonds is 3. The third-order valence-corrected chi connectivity index (χ3v) is 1.07. The molecule has 0 fully saturated rings. The van der Waals surface area contributed by atoms with E-state index in [4.69, 9.17) is 5.26 Å². The molecule has 0 radical (unpaired) electrons. The van der Waals surface area contributed by atoms with Crippen molar-refractivity contribution < 1.29 is 0 Å². The fourth-order valence-electron chi connectivity index (χ4n) is 0.484. The zero-order valence-corrected chi connectivity index (χ0v) is 6.17. The Morgan fingerprint density at radius 2 is 2.30 bits per heavy atom. The van der Waals surface area contributed by atoms with Gasteiger partial charge in [-0.1, -0.05) is 31.7 Å². The van der Waals surface area contributed by atoms with E-state index in [1.165, 1.54) is 0 Å². The Morgan fingerprint density at radius 1 is 1.60 bits per heavy atom. The van der Waals surface area contributed by atoms with Crippen LogP contribution in [0.1, 0.15) is 13.3 Å². The van der Waals surface area contributed by atoms with E-state index in [0.717, 1.165) is 12.0 Å². The third-order valence-electron chi connectivity index (χ3n) is 1.07. The first kappa shape index (κ1) is 8.71. The molecule has 0 aliphatic heterocycles. The van der Waals surface area contributed by atoms with Crippen molar-refractivity contribution in [3.05, 3.63) is 36.5 Å². The van der Waals surface area contributed by atoms with Gasteiger partial charge in [-0.3, -0.25) is 0 Å². The summed E-state index contributed by atoms with van der Waals surface area (Å²) in [6, 6.07) is 2.09. The monoisotopic (exact) mass is 133 g/mol. The van der Waals surface area contributed by atoms with Crippen LogP contribution in [0, 0.1) is 11.3 Å². The van der Waals surface area contributed by atoms with Crippen LogP contribution in [-0.2, 0) is 0 Å². The molecule has 52 valence electrons. The number of hydrogen-bond acceptors (Lipinski definition) is 1. The summed E-state index contributed by atoms with van der Waals surface area (Å²) in [5.41, 5.74) is 0.790. The Morgan fingerprint density at radius 3 is 2.70 bits per heavy atom. The fourth-order valence-corrected chi connectivity index (χ4v) is 0.484. The van der Waals surface area contributed by atoms with Crippen molar-refractivity contribution in [2.45, 2.75) is 13.3 Å². The van der Waals surface area contributed by atoms with Gasteiger partial charge in [0.1, 0.15) is 0 Å². The van der Waals surface area contributed by atoms with Crippen LogP contribution < -0.4 is 0 Å². The molecule has 0 aromatic rings. The van der Waals surface area contributed by atoms with E-state index in [1.807, 2.05) is 13.0 Å². The van der Waals surface area contributed by atoms with Gasteiger partial charge in [-0.15, -0.1) is 0 Å². The molecular weight excluding hydrogens is 122 g/mol. The Kier molecular flexibility index (Phi) is 5.09. The summed E-state index contributed by atoms with van der Waals surface area (Å²) in [4.78, 5) is 0. The van der Waals surface area contributed by atoms with Gasteiger partial charge < -0.3 is 0 Å². The van der Waals surface area contributed by atoms with Gasteiger partial charge >= 0.3 is 0 Å². The lowest BCUT2D eigenvalue weighted by molar-refractivity contribution is 1.15. The highest BCUT2D eigenvalue weighted by Gasteiger charge is 1.84. The van der Waals surface area contributed by atoms with Crippen molar-refractivity contribution in [2.24, 2.45) is 0 Å². The molecular formula is C9H11N. The molecule has 0 unspecified atom stereocenters. The van der Waals surface area contributed by atoms with Crippen LogP contribution in [-0.4, -0.2) is 0 Å². The summed E-state index contributed by atoms with van der Waals surface area (Å²) in [6.07, 6.45) is 7.88. The molecule has 0 saturated carbocycles. The lowest BCUT2D eigenvalue weighted by Crippen LogP contribution is -1.70. The summed E-state index contributed by atoms with van der Waals surface area (Å²) in [5.74, 6) is 0. The minimum absolute atomic E-state index is 0.790. The first-order chi connectivity index (χ1) is 4.85. The van der Waals surface area contributed by atoms with E-state index in [1.54, 1.807) is 18.2 Å². The van der Waals surface area contributed by atoms with Crippen LogP contribution >= 0.6 is 0 Å². The van der Waals surface area contributed by atoms with Crippen LogP contribution in [0.25, 0.3) is 0 Å². The molecule has 0 atom stereocenters. The maximum absolute atomic E-state index is 8.45.